The van der Waals surface area contributed by atoms with E-state index in [9.17, 15) is 10.1 Å². The second-order valence-corrected chi connectivity index (χ2v) is 3.07. The molecule has 0 aliphatic rings. The summed E-state index contributed by atoms with van der Waals surface area (Å²) in [6, 6.07) is 4.73. The number of aryl methyl sites for hydroxylation is 1. The molecule has 0 fully saturated rings. The Morgan fingerprint density at radius 1 is 1.50 bits per heavy atom. The summed E-state index contributed by atoms with van der Waals surface area (Å²) in [6.45, 7) is 1.66. The smallest absolute Gasteiger partial charge is 0.272 e. The average molecular weight is 221 g/mol. The van der Waals surface area contributed by atoms with Gasteiger partial charge in [0.2, 0.25) is 5.96 Å². The summed E-state index contributed by atoms with van der Waals surface area (Å²) in [4.78, 5) is 10.2. The van der Waals surface area contributed by atoms with Gasteiger partial charge >= 0.3 is 0 Å². The Bertz CT molecular complexity index is 463. The van der Waals surface area contributed by atoms with Crippen LogP contribution in [0.2, 0.25) is 0 Å². The van der Waals surface area contributed by atoms with Crippen molar-refractivity contribution in [3.63, 3.8) is 0 Å². The normalized spacial score (nSPS) is 10.3. The molecule has 0 spiro atoms. The maximum Gasteiger partial charge on any atom is 0.272 e. The minimum Gasteiger partial charge on any atom is -0.369 e. The second kappa shape index (κ2) is 4.87. The molecule has 1 aromatic rings. The highest BCUT2D eigenvalue weighted by Gasteiger charge is 2.09. The third-order valence-electron chi connectivity index (χ3n) is 1.81. The SMILES string of the molecule is Cc1ccc(/C=N/N=C(N)N)cc1[N+](=O)[O-]. The van der Waals surface area contributed by atoms with Gasteiger partial charge in [0.1, 0.15) is 0 Å². The maximum atomic E-state index is 10.6. The topological polar surface area (TPSA) is 120 Å². The zero-order chi connectivity index (χ0) is 12.1. The van der Waals surface area contributed by atoms with Crippen molar-refractivity contribution in [3.05, 3.63) is 39.4 Å². The Labute approximate surface area is 91.6 Å². The molecular weight excluding hydrogens is 210 g/mol. The summed E-state index contributed by atoms with van der Waals surface area (Å²) < 4.78 is 0. The lowest BCUT2D eigenvalue weighted by Crippen LogP contribution is -2.21. The Morgan fingerprint density at radius 2 is 2.19 bits per heavy atom. The van der Waals surface area contributed by atoms with Crippen molar-refractivity contribution in [2.45, 2.75) is 6.92 Å². The van der Waals surface area contributed by atoms with Gasteiger partial charge in [-0.2, -0.15) is 5.10 Å². The fraction of sp³-hybridized carbons (Fsp3) is 0.111. The Hall–Kier alpha value is -2.44. The first-order valence-corrected chi connectivity index (χ1v) is 4.37. The van der Waals surface area contributed by atoms with E-state index < -0.39 is 4.92 Å². The number of nitro groups is 1. The van der Waals surface area contributed by atoms with Crippen molar-refractivity contribution in [2.75, 3.05) is 0 Å². The van der Waals surface area contributed by atoms with E-state index in [2.05, 4.69) is 10.2 Å². The molecule has 7 nitrogen and oxygen atoms in total. The van der Waals surface area contributed by atoms with Crippen molar-refractivity contribution in [1.29, 1.82) is 0 Å². The molecule has 0 amide bonds. The molecule has 0 unspecified atom stereocenters. The molecule has 1 rings (SSSR count). The van der Waals surface area contributed by atoms with Crippen molar-refractivity contribution in [1.82, 2.24) is 0 Å². The molecule has 16 heavy (non-hydrogen) atoms. The molecule has 0 aliphatic heterocycles. The molecule has 1 aromatic carbocycles. The van der Waals surface area contributed by atoms with E-state index in [0.29, 0.717) is 11.1 Å². The number of nitro benzene ring substituents is 1. The molecule has 0 saturated heterocycles. The molecule has 4 N–H and O–H groups in total. The summed E-state index contributed by atoms with van der Waals surface area (Å²) in [6.07, 6.45) is 1.34. The molecule has 0 aromatic heterocycles. The lowest BCUT2D eigenvalue weighted by atomic mass is 10.1. The van der Waals surface area contributed by atoms with Crippen LogP contribution in [0.15, 0.2) is 28.4 Å². The molecule has 0 aliphatic carbocycles. The van der Waals surface area contributed by atoms with E-state index in [-0.39, 0.29) is 11.6 Å². The van der Waals surface area contributed by atoms with Crippen LogP contribution in [0.3, 0.4) is 0 Å². The first-order valence-electron chi connectivity index (χ1n) is 4.37. The number of nitrogens with zero attached hydrogens (tertiary/aromatic N) is 3. The van der Waals surface area contributed by atoms with Gasteiger partial charge in [0.15, 0.2) is 0 Å². The summed E-state index contributed by atoms with van der Waals surface area (Å²) >= 11 is 0. The van der Waals surface area contributed by atoms with Crippen LogP contribution in [0.5, 0.6) is 0 Å². The van der Waals surface area contributed by atoms with Crippen LogP contribution in [-0.2, 0) is 0 Å². The quantitative estimate of drug-likeness (QED) is 0.334. The number of benzene rings is 1. The zero-order valence-electron chi connectivity index (χ0n) is 8.62. The van der Waals surface area contributed by atoms with Crippen molar-refractivity contribution in [3.8, 4) is 0 Å². The lowest BCUT2D eigenvalue weighted by Gasteiger charge is -1.97. The maximum absolute atomic E-state index is 10.6. The van der Waals surface area contributed by atoms with Gasteiger partial charge in [-0.05, 0) is 6.92 Å². The number of guanidine groups is 1. The van der Waals surface area contributed by atoms with Crippen molar-refractivity contribution < 1.29 is 4.92 Å². The molecule has 0 bridgehead atoms. The highest BCUT2D eigenvalue weighted by Crippen LogP contribution is 2.18. The molecule has 0 heterocycles. The second-order valence-electron chi connectivity index (χ2n) is 3.07. The zero-order valence-corrected chi connectivity index (χ0v) is 8.62. The van der Waals surface area contributed by atoms with Gasteiger partial charge in [0, 0.05) is 17.2 Å². The van der Waals surface area contributed by atoms with Crippen molar-refractivity contribution in [2.24, 2.45) is 21.7 Å². The first-order chi connectivity index (χ1) is 7.50. The van der Waals surface area contributed by atoms with Crippen LogP contribution in [0.25, 0.3) is 0 Å². The molecule has 0 saturated carbocycles. The minimum atomic E-state index is -0.451. The minimum absolute atomic E-state index is 0.0358. The average Bonchev–Trinajstić information content (AvgIpc) is 2.19. The van der Waals surface area contributed by atoms with Gasteiger partial charge in [-0.15, -0.1) is 5.10 Å². The van der Waals surface area contributed by atoms with Crippen LogP contribution in [0.4, 0.5) is 5.69 Å². The predicted molar refractivity (Wildman–Crippen MR) is 61.2 cm³/mol. The van der Waals surface area contributed by atoms with E-state index in [1.165, 1.54) is 12.3 Å². The van der Waals surface area contributed by atoms with Crippen LogP contribution in [-0.4, -0.2) is 17.1 Å². The van der Waals surface area contributed by atoms with E-state index in [4.69, 9.17) is 11.5 Å². The van der Waals surface area contributed by atoms with Crippen LogP contribution in [0, 0.1) is 17.0 Å². The number of hydrogen-bond donors (Lipinski definition) is 2. The number of hydrogen-bond acceptors (Lipinski definition) is 4. The molecule has 7 heteroatoms. The molecule has 0 radical (unpaired) electrons. The number of rotatable bonds is 3. The predicted octanol–water partition coefficient (Wildman–Crippen LogP) is 0.511. The highest BCUT2D eigenvalue weighted by molar-refractivity contribution is 5.82. The van der Waals surface area contributed by atoms with E-state index in [1.54, 1.807) is 19.1 Å². The summed E-state index contributed by atoms with van der Waals surface area (Å²) in [5, 5.41) is 17.6. The van der Waals surface area contributed by atoms with E-state index >= 15 is 0 Å². The summed E-state index contributed by atoms with van der Waals surface area (Å²) in [5.41, 5.74) is 11.3. The van der Waals surface area contributed by atoms with Crippen LogP contribution in [0.1, 0.15) is 11.1 Å². The third kappa shape index (κ3) is 3.05. The van der Waals surface area contributed by atoms with E-state index in [0.717, 1.165) is 0 Å². The highest BCUT2D eigenvalue weighted by atomic mass is 16.6. The van der Waals surface area contributed by atoms with E-state index in [1.807, 2.05) is 0 Å². The first kappa shape index (κ1) is 11.6. The molecule has 0 atom stereocenters. The molecule has 84 valence electrons. The van der Waals surface area contributed by atoms with Gasteiger partial charge in [-0.3, -0.25) is 10.1 Å². The largest absolute Gasteiger partial charge is 0.369 e. The monoisotopic (exact) mass is 221 g/mol. The Kier molecular flexibility index (Phi) is 3.54. The van der Waals surface area contributed by atoms with Crippen molar-refractivity contribution >= 4 is 17.9 Å². The van der Waals surface area contributed by atoms with Gasteiger partial charge in [-0.1, -0.05) is 12.1 Å². The third-order valence-corrected chi connectivity index (χ3v) is 1.81. The van der Waals surface area contributed by atoms with Gasteiger partial charge in [-0.25, -0.2) is 0 Å². The fourth-order valence-corrected chi connectivity index (χ4v) is 1.07. The van der Waals surface area contributed by atoms with Gasteiger partial charge in [0.25, 0.3) is 5.69 Å². The Morgan fingerprint density at radius 3 is 2.75 bits per heavy atom. The summed E-state index contributed by atoms with van der Waals surface area (Å²) in [7, 11) is 0. The summed E-state index contributed by atoms with van der Waals surface area (Å²) in [5.74, 6) is -0.169. The van der Waals surface area contributed by atoms with Crippen LogP contribution < -0.4 is 11.5 Å². The molecular formula is C9H11N5O2. The van der Waals surface area contributed by atoms with Crippen LogP contribution >= 0.6 is 0 Å². The van der Waals surface area contributed by atoms with Gasteiger partial charge in [0.05, 0.1) is 11.1 Å². The fourth-order valence-electron chi connectivity index (χ4n) is 1.07. The number of nitrogens with two attached hydrogens (primary N) is 2. The standard InChI is InChI=1S/C9H11N5O2/c1-6-2-3-7(4-8(6)14(15)16)5-12-13-9(10)11/h2-5H,1H3,(H4,10,11,13)/b12-5+. The Balaban J connectivity index is 3.00. The van der Waals surface area contributed by atoms with Gasteiger partial charge < -0.3 is 11.5 Å². The lowest BCUT2D eigenvalue weighted by molar-refractivity contribution is -0.385.